The molecule has 1 rings (SSSR count). The second-order valence-corrected chi connectivity index (χ2v) is 6.10. The summed E-state index contributed by atoms with van der Waals surface area (Å²) in [5.41, 5.74) is 1.09. The van der Waals surface area contributed by atoms with Gasteiger partial charge in [-0.2, -0.15) is 0 Å². The van der Waals surface area contributed by atoms with E-state index in [9.17, 15) is 8.78 Å². The van der Waals surface area contributed by atoms with Gasteiger partial charge in [0, 0.05) is 5.56 Å². The fraction of sp³-hybridized carbons (Fsp3) is 0.333. The lowest BCUT2D eigenvalue weighted by molar-refractivity contribution is 0.183. The molecule has 0 aliphatic carbocycles. The van der Waals surface area contributed by atoms with Crippen molar-refractivity contribution in [3.8, 4) is 0 Å². The first-order valence-electron chi connectivity index (χ1n) is 3.77. The van der Waals surface area contributed by atoms with Gasteiger partial charge in [-0.05, 0) is 38.8 Å². The van der Waals surface area contributed by atoms with Gasteiger partial charge in [-0.15, -0.1) is 0 Å². The SMILES string of the molecule is Cc1ccc([C@@](F)(Br)[C@](F)(Cl)Br)cc1. The Labute approximate surface area is 103 Å². The van der Waals surface area contributed by atoms with Crippen LogP contribution in [0.3, 0.4) is 0 Å². The average molecular weight is 348 g/mol. The van der Waals surface area contributed by atoms with E-state index in [4.69, 9.17) is 11.6 Å². The minimum atomic E-state index is -2.67. The predicted octanol–water partition coefficient (Wildman–Crippen LogP) is 4.77. The summed E-state index contributed by atoms with van der Waals surface area (Å²) in [6, 6.07) is 6.31. The largest absolute Gasteiger partial charge is 0.285 e. The van der Waals surface area contributed by atoms with Crippen LogP contribution in [0.1, 0.15) is 11.1 Å². The summed E-state index contributed by atoms with van der Waals surface area (Å²) in [6.07, 6.45) is 0. The maximum Gasteiger partial charge on any atom is 0.285 e. The highest BCUT2D eigenvalue weighted by molar-refractivity contribution is 9.13. The standard InChI is InChI=1S/C9H7Br2ClF2/c1-6-2-4-7(5-3-6)8(10,13)9(11,12)14/h2-5H,1H3/t8-,9+/m0/s1. The molecule has 0 aliphatic rings. The number of rotatable bonds is 2. The molecule has 0 amide bonds. The van der Waals surface area contributed by atoms with E-state index in [1.807, 2.05) is 6.92 Å². The second kappa shape index (κ2) is 4.06. The number of hydrogen-bond donors (Lipinski definition) is 0. The summed E-state index contributed by atoms with van der Waals surface area (Å²) < 4.78 is 21.9. The van der Waals surface area contributed by atoms with Crippen molar-refractivity contribution in [2.75, 3.05) is 0 Å². The van der Waals surface area contributed by atoms with Crippen molar-refractivity contribution in [1.29, 1.82) is 0 Å². The normalized spacial score (nSPS) is 19.9. The van der Waals surface area contributed by atoms with Gasteiger partial charge >= 0.3 is 0 Å². The molecule has 2 atom stereocenters. The van der Waals surface area contributed by atoms with Gasteiger partial charge in [0.05, 0.1) is 0 Å². The molecule has 0 heterocycles. The van der Waals surface area contributed by atoms with Crippen molar-refractivity contribution in [2.45, 2.75) is 15.5 Å². The topological polar surface area (TPSA) is 0 Å². The third-order valence-corrected chi connectivity index (χ3v) is 4.34. The Bertz CT molecular complexity index is 317. The maximum absolute atomic E-state index is 13.8. The molecule has 0 aliphatic heterocycles. The number of aryl methyl sites for hydroxylation is 1. The minimum absolute atomic E-state index is 0.123. The third-order valence-electron chi connectivity index (χ3n) is 1.77. The summed E-state index contributed by atoms with van der Waals surface area (Å²) in [5, 5.41) is 0. The van der Waals surface area contributed by atoms with Crippen LogP contribution in [0, 0.1) is 6.92 Å². The van der Waals surface area contributed by atoms with Crippen molar-refractivity contribution in [3.05, 3.63) is 35.4 Å². The van der Waals surface area contributed by atoms with Crippen LogP contribution in [0.2, 0.25) is 0 Å². The van der Waals surface area contributed by atoms with Gasteiger partial charge in [-0.1, -0.05) is 41.4 Å². The zero-order chi connectivity index (χ0) is 11.0. The average Bonchev–Trinajstić information content (AvgIpc) is 2.03. The van der Waals surface area contributed by atoms with Crippen LogP contribution < -0.4 is 0 Å². The van der Waals surface area contributed by atoms with E-state index >= 15 is 0 Å². The van der Waals surface area contributed by atoms with Crippen LogP contribution in [0.25, 0.3) is 0 Å². The lowest BCUT2D eigenvalue weighted by atomic mass is 10.1. The molecule has 14 heavy (non-hydrogen) atoms. The summed E-state index contributed by atoms with van der Waals surface area (Å²) in [6.45, 7) is 1.86. The molecule has 78 valence electrons. The van der Waals surface area contributed by atoms with Crippen LogP contribution in [0.15, 0.2) is 24.3 Å². The molecule has 0 nitrogen and oxygen atoms in total. The molecule has 0 aromatic heterocycles. The maximum atomic E-state index is 13.8. The van der Waals surface area contributed by atoms with Crippen molar-refractivity contribution in [3.63, 3.8) is 0 Å². The number of alkyl halides is 5. The second-order valence-electron chi connectivity index (χ2n) is 2.94. The van der Waals surface area contributed by atoms with E-state index in [1.54, 1.807) is 12.1 Å². The molecule has 1 aromatic carbocycles. The zero-order valence-electron chi connectivity index (χ0n) is 7.20. The van der Waals surface area contributed by atoms with Gasteiger partial charge in [0.1, 0.15) is 0 Å². The van der Waals surface area contributed by atoms with Gasteiger partial charge in [-0.25, -0.2) is 8.78 Å². The Hall–Kier alpha value is 0.330. The molecule has 0 N–H and O–H groups in total. The molecule has 0 unspecified atom stereocenters. The fourth-order valence-electron chi connectivity index (χ4n) is 0.927. The first-order chi connectivity index (χ1) is 6.25. The van der Waals surface area contributed by atoms with Crippen molar-refractivity contribution in [2.24, 2.45) is 0 Å². The van der Waals surface area contributed by atoms with E-state index in [-0.39, 0.29) is 5.56 Å². The minimum Gasteiger partial charge on any atom is -0.220 e. The first kappa shape index (κ1) is 12.4. The van der Waals surface area contributed by atoms with E-state index in [2.05, 4.69) is 31.9 Å². The molecule has 0 saturated carbocycles. The van der Waals surface area contributed by atoms with Crippen molar-refractivity contribution in [1.82, 2.24) is 0 Å². The Balaban J connectivity index is 3.10. The van der Waals surface area contributed by atoms with Crippen LogP contribution >= 0.6 is 43.5 Å². The molecular weight excluding hydrogens is 341 g/mol. The summed E-state index contributed by atoms with van der Waals surface area (Å²) in [7, 11) is 0. The molecule has 0 fully saturated rings. The lowest BCUT2D eigenvalue weighted by Gasteiger charge is -2.25. The highest BCUT2D eigenvalue weighted by atomic mass is 79.9. The summed E-state index contributed by atoms with van der Waals surface area (Å²) in [5.74, 6) is 0. The van der Waals surface area contributed by atoms with E-state index < -0.39 is 8.62 Å². The van der Waals surface area contributed by atoms with E-state index in [1.165, 1.54) is 12.1 Å². The van der Waals surface area contributed by atoms with Crippen LogP contribution in [-0.2, 0) is 4.58 Å². The molecular formula is C9H7Br2ClF2. The lowest BCUT2D eigenvalue weighted by Crippen LogP contribution is -2.29. The predicted molar refractivity (Wildman–Crippen MR) is 61.5 cm³/mol. The molecule has 0 saturated heterocycles. The van der Waals surface area contributed by atoms with Crippen LogP contribution in [0.4, 0.5) is 8.78 Å². The van der Waals surface area contributed by atoms with Crippen LogP contribution in [0.5, 0.6) is 0 Å². The molecule has 5 heteroatoms. The molecule has 0 spiro atoms. The molecule has 1 aromatic rings. The highest BCUT2D eigenvalue weighted by Crippen LogP contribution is 2.51. The summed E-state index contributed by atoms with van der Waals surface area (Å²) in [4.78, 5) is 0. The Morgan fingerprint density at radius 2 is 1.57 bits per heavy atom. The number of halogens is 5. The molecule has 0 bridgehead atoms. The third kappa shape index (κ3) is 2.47. The van der Waals surface area contributed by atoms with E-state index in [0.29, 0.717) is 0 Å². The quantitative estimate of drug-likeness (QED) is 0.676. The Morgan fingerprint density at radius 1 is 1.14 bits per heavy atom. The van der Waals surface area contributed by atoms with Gasteiger partial charge < -0.3 is 0 Å². The molecule has 0 radical (unpaired) electrons. The smallest absolute Gasteiger partial charge is 0.220 e. The van der Waals surface area contributed by atoms with Gasteiger partial charge in [0.25, 0.3) is 4.04 Å². The fourth-order valence-corrected chi connectivity index (χ4v) is 1.53. The van der Waals surface area contributed by atoms with Gasteiger partial charge in [0.2, 0.25) is 4.58 Å². The van der Waals surface area contributed by atoms with Crippen LogP contribution in [-0.4, -0.2) is 4.04 Å². The summed E-state index contributed by atoms with van der Waals surface area (Å²) >= 11 is 10.3. The van der Waals surface area contributed by atoms with Gasteiger partial charge in [0.15, 0.2) is 0 Å². The van der Waals surface area contributed by atoms with Gasteiger partial charge in [-0.3, -0.25) is 0 Å². The number of hydrogen-bond acceptors (Lipinski definition) is 0. The highest BCUT2D eigenvalue weighted by Gasteiger charge is 2.50. The number of benzene rings is 1. The first-order valence-corrected chi connectivity index (χ1v) is 5.73. The van der Waals surface area contributed by atoms with E-state index in [0.717, 1.165) is 5.56 Å². The Morgan fingerprint density at radius 3 is 1.93 bits per heavy atom. The monoisotopic (exact) mass is 346 g/mol. The Kier molecular flexibility index (Phi) is 3.60. The van der Waals surface area contributed by atoms with Crippen molar-refractivity contribution < 1.29 is 8.78 Å². The zero-order valence-corrected chi connectivity index (χ0v) is 11.1. The van der Waals surface area contributed by atoms with Crippen molar-refractivity contribution >= 4 is 43.5 Å².